The van der Waals surface area contributed by atoms with E-state index in [2.05, 4.69) is 0 Å². The summed E-state index contributed by atoms with van der Waals surface area (Å²) in [4.78, 5) is 14.0. The van der Waals surface area contributed by atoms with E-state index in [1.807, 2.05) is 11.8 Å². The molecule has 1 amide bonds. The number of nitrogens with zero attached hydrogens (tertiary/aromatic N) is 1. The number of hydrogen-bond donors (Lipinski definition) is 1. The maximum atomic E-state index is 12.0. The molecule has 0 aromatic rings. The minimum atomic E-state index is -0.201. The van der Waals surface area contributed by atoms with Crippen LogP contribution in [0.15, 0.2) is 0 Å². The van der Waals surface area contributed by atoms with Gasteiger partial charge < -0.3 is 15.4 Å². The topological polar surface area (TPSA) is 55.6 Å². The van der Waals surface area contributed by atoms with E-state index in [9.17, 15) is 4.79 Å². The largest absolute Gasteiger partial charge is 0.370 e. The van der Waals surface area contributed by atoms with Crippen LogP contribution < -0.4 is 5.73 Å². The van der Waals surface area contributed by atoms with Crippen molar-refractivity contribution in [3.63, 3.8) is 0 Å². The lowest BCUT2D eigenvalue weighted by atomic mass is 9.93. The Morgan fingerprint density at radius 2 is 1.89 bits per heavy atom. The third kappa shape index (κ3) is 4.46. The van der Waals surface area contributed by atoms with E-state index in [0.29, 0.717) is 12.6 Å². The Morgan fingerprint density at radius 3 is 2.42 bits per heavy atom. The summed E-state index contributed by atoms with van der Waals surface area (Å²) in [6.07, 6.45) is 9.31. The molecule has 2 rings (SSSR count). The van der Waals surface area contributed by atoms with Gasteiger partial charge in [0.25, 0.3) is 0 Å². The van der Waals surface area contributed by atoms with Gasteiger partial charge in [-0.3, -0.25) is 4.79 Å². The monoisotopic (exact) mass is 268 g/mol. The van der Waals surface area contributed by atoms with E-state index in [4.69, 9.17) is 10.5 Å². The Bertz CT molecular complexity index is 295. The first-order valence-electron chi connectivity index (χ1n) is 7.81. The Balaban J connectivity index is 1.71. The molecule has 2 aliphatic rings. The number of ether oxygens (including phenoxy) is 1. The van der Waals surface area contributed by atoms with Crippen LogP contribution in [0.4, 0.5) is 0 Å². The summed E-state index contributed by atoms with van der Waals surface area (Å²) in [6.45, 7) is 3.55. The molecule has 0 heterocycles. The van der Waals surface area contributed by atoms with Gasteiger partial charge in [0.15, 0.2) is 0 Å². The van der Waals surface area contributed by atoms with Gasteiger partial charge in [-0.2, -0.15) is 0 Å². The van der Waals surface area contributed by atoms with Crippen molar-refractivity contribution in [3.05, 3.63) is 0 Å². The molecule has 0 saturated heterocycles. The molecule has 110 valence electrons. The van der Waals surface area contributed by atoms with Gasteiger partial charge in [-0.15, -0.1) is 0 Å². The smallest absolute Gasteiger partial charge is 0.248 e. The highest BCUT2D eigenvalue weighted by Crippen LogP contribution is 2.27. The molecule has 2 saturated carbocycles. The van der Waals surface area contributed by atoms with E-state index in [-0.39, 0.29) is 18.1 Å². The predicted octanol–water partition coefficient (Wildman–Crippen LogP) is 2.07. The molecule has 0 spiro atoms. The van der Waals surface area contributed by atoms with E-state index in [1.54, 1.807) is 0 Å². The molecule has 0 bridgehead atoms. The minimum absolute atomic E-state index is 0.127. The lowest BCUT2D eigenvalue weighted by Gasteiger charge is -2.28. The van der Waals surface area contributed by atoms with Gasteiger partial charge in [0.05, 0.1) is 6.61 Å². The van der Waals surface area contributed by atoms with Gasteiger partial charge in [0, 0.05) is 18.1 Å². The fourth-order valence-corrected chi connectivity index (χ4v) is 3.03. The van der Waals surface area contributed by atoms with Crippen molar-refractivity contribution < 1.29 is 9.53 Å². The van der Waals surface area contributed by atoms with E-state index in [0.717, 1.165) is 32.2 Å². The lowest BCUT2D eigenvalue weighted by molar-refractivity contribution is -0.137. The van der Waals surface area contributed by atoms with Crippen LogP contribution in [0, 0.1) is 0 Å². The summed E-state index contributed by atoms with van der Waals surface area (Å²) in [6, 6.07) is 0.478. The van der Waals surface area contributed by atoms with E-state index in [1.165, 1.54) is 25.7 Å². The van der Waals surface area contributed by atoms with Gasteiger partial charge >= 0.3 is 0 Å². The van der Waals surface area contributed by atoms with Crippen LogP contribution in [-0.2, 0) is 9.53 Å². The summed E-state index contributed by atoms with van der Waals surface area (Å²) in [5.74, 6) is 0.127. The quantitative estimate of drug-likeness (QED) is 0.750. The Kier molecular flexibility index (Phi) is 5.22. The van der Waals surface area contributed by atoms with Crippen LogP contribution in [0.1, 0.15) is 58.3 Å². The molecule has 0 aromatic heterocycles. The number of rotatable bonds is 6. The third-order valence-corrected chi connectivity index (χ3v) is 4.36. The van der Waals surface area contributed by atoms with Crippen molar-refractivity contribution in [3.8, 4) is 0 Å². The molecule has 0 radical (unpaired) electrons. The van der Waals surface area contributed by atoms with Gasteiger partial charge in [-0.25, -0.2) is 0 Å². The molecule has 0 unspecified atom stereocenters. The fraction of sp³-hybridized carbons (Fsp3) is 0.933. The van der Waals surface area contributed by atoms with Crippen molar-refractivity contribution in [2.24, 2.45) is 5.73 Å². The first-order chi connectivity index (χ1) is 9.14. The Hall–Kier alpha value is -0.610. The number of carbonyl (C=O) groups excluding carboxylic acids is 1. The molecule has 0 atom stereocenters. The first-order valence-corrected chi connectivity index (χ1v) is 7.81. The third-order valence-electron chi connectivity index (χ3n) is 4.36. The molecule has 0 aliphatic heterocycles. The SMILES string of the molecule is CCN(C(=O)COCC1(N)CCCCCC1)C1CC1. The second kappa shape index (κ2) is 6.71. The number of carbonyl (C=O) groups is 1. The lowest BCUT2D eigenvalue weighted by Crippen LogP contribution is -2.45. The molecular formula is C15H28N2O2. The maximum Gasteiger partial charge on any atom is 0.248 e. The summed E-state index contributed by atoms with van der Waals surface area (Å²) in [5, 5.41) is 0. The average Bonchev–Trinajstić information content (AvgIpc) is 3.19. The van der Waals surface area contributed by atoms with Crippen molar-refractivity contribution in [1.29, 1.82) is 0 Å². The molecule has 19 heavy (non-hydrogen) atoms. The minimum Gasteiger partial charge on any atom is -0.370 e. The van der Waals surface area contributed by atoms with Crippen LogP contribution in [0.3, 0.4) is 0 Å². The zero-order valence-corrected chi connectivity index (χ0v) is 12.2. The zero-order chi connectivity index (χ0) is 13.7. The number of hydrogen-bond acceptors (Lipinski definition) is 3. The van der Waals surface area contributed by atoms with Gasteiger partial charge in [-0.05, 0) is 32.6 Å². The standard InChI is InChI=1S/C15H28N2O2/c1-2-17(13-7-8-13)14(18)11-19-12-15(16)9-5-3-4-6-10-15/h13H,2-12,16H2,1H3. The number of likely N-dealkylation sites (N-methyl/N-ethyl adjacent to an activating group) is 1. The van der Waals surface area contributed by atoms with Crippen LogP contribution in [0.2, 0.25) is 0 Å². The fourth-order valence-electron chi connectivity index (χ4n) is 3.03. The highest BCUT2D eigenvalue weighted by molar-refractivity contribution is 5.78. The predicted molar refractivity (Wildman–Crippen MR) is 75.8 cm³/mol. The Morgan fingerprint density at radius 1 is 1.26 bits per heavy atom. The molecule has 2 N–H and O–H groups in total. The first kappa shape index (κ1) is 14.8. The molecule has 4 nitrogen and oxygen atoms in total. The summed E-state index contributed by atoms with van der Waals surface area (Å²) in [7, 11) is 0. The van der Waals surface area contributed by atoms with Crippen LogP contribution >= 0.6 is 0 Å². The normalized spacial score (nSPS) is 22.8. The average molecular weight is 268 g/mol. The van der Waals surface area contributed by atoms with Crippen LogP contribution in [0.5, 0.6) is 0 Å². The highest BCUT2D eigenvalue weighted by Gasteiger charge is 2.32. The van der Waals surface area contributed by atoms with Crippen LogP contribution in [-0.4, -0.2) is 42.1 Å². The highest BCUT2D eigenvalue weighted by atomic mass is 16.5. The van der Waals surface area contributed by atoms with Gasteiger partial charge in [-0.1, -0.05) is 25.7 Å². The zero-order valence-electron chi connectivity index (χ0n) is 12.2. The summed E-state index contributed by atoms with van der Waals surface area (Å²) >= 11 is 0. The van der Waals surface area contributed by atoms with E-state index < -0.39 is 0 Å². The van der Waals surface area contributed by atoms with Crippen LogP contribution in [0.25, 0.3) is 0 Å². The van der Waals surface area contributed by atoms with Crippen molar-refractivity contribution in [2.75, 3.05) is 19.8 Å². The summed E-state index contributed by atoms with van der Waals surface area (Å²) < 4.78 is 5.64. The van der Waals surface area contributed by atoms with Gasteiger partial charge in [0.2, 0.25) is 5.91 Å². The molecule has 2 fully saturated rings. The second-order valence-corrected chi connectivity index (χ2v) is 6.18. The Labute approximate surface area is 116 Å². The number of amides is 1. The molecular weight excluding hydrogens is 240 g/mol. The molecule has 4 heteroatoms. The van der Waals surface area contributed by atoms with E-state index >= 15 is 0 Å². The molecule has 2 aliphatic carbocycles. The number of nitrogens with two attached hydrogens (primary N) is 1. The van der Waals surface area contributed by atoms with Crippen molar-refractivity contribution >= 4 is 5.91 Å². The van der Waals surface area contributed by atoms with Crippen molar-refractivity contribution in [2.45, 2.75) is 69.9 Å². The second-order valence-electron chi connectivity index (χ2n) is 6.18. The maximum absolute atomic E-state index is 12.0. The summed E-state index contributed by atoms with van der Waals surface area (Å²) in [5.41, 5.74) is 6.18. The van der Waals surface area contributed by atoms with Gasteiger partial charge in [0.1, 0.15) is 6.61 Å². The molecule has 0 aromatic carbocycles. The van der Waals surface area contributed by atoms with Crippen molar-refractivity contribution in [1.82, 2.24) is 4.90 Å².